The fourth-order valence-electron chi connectivity index (χ4n) is 7.48. The van der Waals surface area contributed by atoms with Gasteiger partial charge >= 0.3 is 0 Å². The lowest BCUT2D eigenvalue weighted by Crippen LogP contribution is -2.45. The third kappa shape index (κ3) is 6.47. The molecule has 0 unspecified atom stereocenters. The van der Waals surface area contributed by atoms with Crippen molar-refractivity contribution >= 4 is 0 Å². The third-order valence-electron chi connectivity index (χ3n) is 9.98. The van der Waals surface area contributed by atoms with Crippen LogP contribution < -0.4 is 0 Å². The van der Waals surface area contributed by atoms with Crippen LogP contribution in [0.2, 0.25) is 0 Å². The fraction of sp³-hybridized carbons (Fsp3) is 0.758. The predicted molar refractivity (Wildman–Crippen MR) is 143 cm³/mol. The summed E-state index contributed by atoms with van der Waals surface area (Å²) in [5.41, 5.74) is 3.72. The van der Waals surface area contributed by atoms with Crippen molar-refractivity contribution in [1.82, 2.24) is 0 Å². The average Bonchev–Trinajstić information content (AvgIpc) is 2.88. The first-order valence-corrected chi connectivity index (χ1v) is 14.8. The number of fused-ring (bicyclic) bond motifs is 3. The van der Waals surface area contributed by atoms with Gasteiger partial charge in [-0.2, -0.15) is 0 Å². The van der Waals surface area contributed by atoms with Gasteiger partial charge in [-0.25, -0.2) is 0 Å². The van der Waals surface area contributed by atoms with Crippen LogP contribution in [0.4, 0.5) is 0 Å². The van der Waals surface area contributed by atoms with Crippen molar-refractivity contribution in [2.24, 2.45) is 22.7 Å². The summed E-state index contributed by atoms with van der Waals surface area (Å²) in [5, 5.41) is 0. The highest BCUT2D eigenvalue weighted by molar-refractivity contribution is 5.38. The van der Waals surface area contributed by atoms with E-state index in [-0.39, 0.29) is 0 Å². The largest absolute Gasteiger partial charge is 0.0911 e. The molecule has 0 aliphatic heterocycles. The van der Waals surface area contributed by atoms with E-state index in [4.69, 9.17) is 0 Å². The summed E-state index contributed by atoms with van der Waals surface area (Å²) in [6, 6.07) is 9.15. The molecule has 0 N–H and O–H groups in total. The van der Waals surface area contributed by atoms with E-state index in [2.05, 4.69) is 50.0 Å². The highest BCUT2D eigenvalue weighted by atomic mass is 14.6. The van der Waals surface area contributed by atoms with Gasteiger partial charge in [-0.3, -0.25) is 0 Å². The quantitative estimate of drug-likeness (QED) is 0.248. The van der Waals surface area contributed by atoms with Gasteiger partial charge in [0.15, 0.2) is 0 Å². The molecular formula is C33H50. The first-order valence-electron chi connectivity index (χ1n) is 14.8. The topological polar surface area (TPSA) is 0 Å². The minimum atomic E-state index is 0.331. The Morgan fingerprint density at radius 2 is 1.36 bits per heavy atom. The Morgan fingerprint density at radius 1 is 0.727 bits per heavy atom. The molecule has 4 aliphatic carbocycles. The number of rotatable bonds is 10. The third-order valence-corrected chi connectivity index (χ3v) is 9.98. The number of aryl methyl sites for hydroxylation is 1. The molecule has 5 rings (SSSR count). The van der Waals surface area contributed by atoms with Gasteiger partial charge in [-0.05, 0) is 99.2 Å². The molecule has 1 aromatic rings. The Balaban J connectivity index is 1.25. The van der Waals surface area contributed by atoms with Crippen molar-refractivity contribution in [2.45, 2.75) is 136 Å². The molecule has 4 aliphatic rings. The van der Waals surface area contributed by atoms with Gasteiger partial charge in [-0.1, -0.05) is 95.6 Å². The molecule has 4 saturated carbocycles. The molecule has 0 radical (unpaired) electrons. The van der Waals surface area contributed by atoms with Crippen LogP contribution in [-0.2, 0) is 6.42 Å². The van der Waals surface area contributed by atoms with E-state index >= 15 is 0 Å². The Kier molecular flexibility index (Phi) is 9.02. The summed E-state index contributed by atoms with van der Waals surface area (Å²) >= 11 is 0. The lowest BCUT2D eigenvalue weighted by molar-refractivity contribution is -0.0379. The smallest absolute Gasteiger partial charge is 0.0319 e. The minimum absolute atomic E-state index is 0.331. The Labute approximate surface area is 205 Å². The van der Waals surface area contributed by atoms with Gasteiger partial charge < -0.3 is 0 Å². The summed E-state index contributed by atoms with van der Waals surface area (Å²) in [7, 11) is 0. The lowest BCUT2D eigenvalue weighted by atomic mass is 9.48. The maximum atomic E-state index is 3.82. The summed E-state index contributed by atoms with van der Waals surface area (Å²) in [6.45, 7) is 4.60. The Hall–Kier alpha value is -1.22. The van der Waals surface area contributed by atoms with Gasteiger partial charge in [0.1, 0.15) is 0 Å². The molecule has 1 aromatic carbocycles. The predicted octanol–water partition coefficient (Wildman–Crippen LogP) is 9.89. The second-order valence-corrected chi connectivity index (χ2v) is 12.1. The molecule has 182 valence electrons. The second kappa shape index (κ2) is 12.0. The van der Waals surface area contributed by atoms with Crippen LogP contribution in [-0.4, -0.2) is 0 Å². The molecule has 0 spiro atoms. The van der Waals surface area contributed by atoms with E-state index in [1.54, 1.807) is 0 Å². The van der Waals surface area contributed by atoms with Crippen LogP contribution in [0.3, 0.4) is 0 Å². The summed E-state index contributed by atoms with van der Waals surface area (Å²) in [4.78, 5) is 0. The van der Waals surface area contributed by atoms with Crippen molar-refractivity contribution in [3.63, 3.8) is 0 Å². The molecule has 2 bridgehead atoms. The van der Waals surface area contributed by atoms with Crippen LogP contribution in [0.5, 0.6) is 0 Å². The zero-order chi connectivity index (χ0) is 23.0. The SMILES string of the molecule is CCCCCC[C@H]1CC[C@H](C23CCC(C#Cc4ccc(CCCCC)cc4)(CC2)CC3)CC1. The average molecular weight is 447 g/mol. The standard InChI is InChI=1S/C33H50/c1-3-5-7-9-11-29-16-18-31(19-17-29)33-25-22-32(23-26-33,24-27-33)21-20-30-14-12-28(13-15-30)10-8-6-4-2/h12-15,29,31H,3-11,16-19,22-27H2,1-2H3/t29-,31-,32?,33?. The van der Waals surface area contributed by atoms with Crippen LogP contribution >= 0.6 is 0 Å². The van der Waals surface area contributed by atoms with Crippen LogP contribution in [0.25, 0.3) is 0 Å². The first-order chi connectivity index (χ1) is 16.2. The highest BCUT2D eigenvalue weighted by Gasteiger charge is 2.51. The van der Waals surface area contributed by atoms with Crippen molar-refractivity contribution in [1.29, 1.82) is 0 Å². The van der Waals surface area contributed by atoms with Gasteiger partial charge in [0.25, 0.3) is 0 Å². The Morgan fingerprint density at radius 3 is 2.00 bits per heavy atom. The molecule has 0 amide bonds. The maximum absolute atomic E-state index is 3.82. The lowest BCUT2D eigenvalue weighted by Gasteiger charge is -2.56. The highest BCUT2D eigenvalue weighted by Crippen LogP contribution is 2.62. The monoisotopic (exact) mass is 446 g/mol. The molecule has 0 heteroatoms. The van der Waals surface area contributed by atoms with Gasteiger partial charge in [0.05, 0.1) is 0 Å². The number of benzene rings is 1. The van der Waals surface area contributed by atoms with E-state index in [0.29, 0.717) is 10.8 Å². The summed E-state index contributed by atoms with van der Waals surface area (Å²) in [5.74, 6) is 9.49. The second-order valence-electron chi connectivity index (χ2n) is 12.1. The minimum Gasteiger partial charge on any atom is -0.0911 e. The van der Waals surface area contributed by atoms with Crippen LogP contribution in [0.1, 0.15) is 141 Å². The van der Waals surface area contributed by atoms with E-state index in [1.165, 1.54) is 133 Å². The number of unbranched alkanes of at least 4 members (excludes halogenated alkanes) is 5. The van der Waals surface area contributed by atoms with Crippen molar-refractivity contribution in [3.05, 3.63) is 35.4 Å². The molecule has 0 atom stereocenters. The van der Waals surface area contributed by atoms with Gasteiger partial charge in [0.2, 0.25) is 0 Å². The Bertz CT molecular complexity index is 740. The van der Waals surface area contributed by atoms with E-state index in [1.807, 2.05) is 0 Å². The van der Waals surface area contributed by atoms with Crippen LogP contribution in [0.15, 0.2) is 24.3 Å². The number of hydrogen-bond acceptors (Lipinski definition) is 0. The van der Waals surface area contributed by atoms with Crippen molar-refractivity contribution in [2.75, 3.05) is 0 Å². The number of hydrogen-bond donors (Lipinski definition) is 0. The zero-order valence-electron chi connectivity index (χ0n) is 21.9. The van der Waals surface area contributed by atoms with Crippen molar-refractivity contribution < 1.29 is 0 Å². The molecule has 0 aromatic heterocycles. The van der Waals surface area contributed by atoms with E-state index in [0.717, 1.165) is 11.8 Å². The van der Waals surface area contributed by atoms with Gasteiger partial charge in [-0.15, -0.1) is 0 Å². The summed E-state index contributed by atoms with van der Waals surface area (Å²) < 4.78 is 0. The van der Waals surface area contributed by atoms with Gasteiger partial charge in [0, 0.05) is 11.0 Å². The first kappa shape index (κ1) is 24.9. The summed E-state index contributed by atoms with van der Waals surface area (Å²) in [6.07, 6.45) is 27.0. The van der Waals surface area contributed by atoms with E-state index in [9.17, 15) is 0 Å². The molecule has 4 fully saturated rings. The normalized spacial score (nSPS) is 31.2. The maximum Gasteiger partial charge on any atom is 0.0319 e. The molecule has 33 heavy (non-hydrogen) atoms. The molecule has 0 heterocycles. The fourth-order valence-corrected chi connectivity index (χ4v) is 7.48. The molecule has 0 nitrogen and oxygen atoms in total. The molecule has 0 saturated heterocycles. The van der Waals surface area contributed by atoms with Crippen LogP contribution in [0, 0.1) is 34.5 Å². The molecular weight excluding hydrogens is 396 g/mol. The van der Waals surface area contributed by atoms with E-state index < -0.39 is 0 Å². The zero-order valence-corrected chi connectivity index (χ0v) is 21.9. The van der Waals surface area contributed by atoms with Crippen molar-refractivity contribution in [3.8, 4) is 11.8 Å².